The van der Waals surface area contributed by atoms with Crippen LogP contribution in [-0.2, 0) is 4.79 Å². The van der Waals surface area contributed by atoms with Crippen LogP contribution in [0.15, 0.2) is 12.1 Å². The number of nitro groups is 1. The number of nitro benzene ring substituents is 1. The SMILES string of the molecule is CNC(=O)COc1cc([N+](=O)[O-])c(C(C)NN)cc1OC. The van der Waals surface area contributed by atoms with E-state index in [2.05, 4.69) is 10.7 Å². The van der Waals surface area contributed by atoms with E-state index in [0.717, 1.165) is 0 Å². The number of nitrogens with zero attached hydrogens (tertiary/aromatic N) is 1. The van der Waals surface area contributed by atoms with Crippen molar-refractivity contribution in [3.63, 3.8) is 0 Å². The first-order chi connectivity index (χ1) is 9.94. The van der Waals surface area contributed by atoms with Crippen LogP contribution < -0.4 is 26.1 Å². The Balaban J connectivity index is 3.22. The molecule has 0 saturated heterocycles. The Morgan fingerprint density at radius 2 is 2.14 bits per heavy atom. The lowest BCUT2D eigenvalue weighted by Crippen LogP contribution is -2.26. The second-order valence-electron chi connectivity index (χ2n) is 4.17. The molecule has 0 aliphatic rings. The molecule has 0 aliphatic carbocycles. The highest BCUT2D eigenvalue weighted by molar-refractivity contribution is 5.77. The number of likely N-dealkylation sites (N-methyl/N-ethyl adjacent to an activating group) is 1. The molecule has 1 aromatic rings. The fraction of sp³-hybridized carbons (Fsp3) is 0.417. The zero-order valence-electron chi connectivity index (χ0n) is 12.0. The van der Waals surface area contributed by atoms with E-state index in [-0.39, 0.29) is 29.7 Å². The fourth-order valence-electron chi connectivity index (χ4n) is 1.65. The molecule has 9 heteroatoms. The summed E-state index contributed by atoms with van der Waals surface area (Å²) >= 11 is 0. The van der Waals surface area contributed by atoms with E-state index in [9.17, 15) is 14.9 Å². The molecule has 1 atom stereocenters. The molecular formula is C12H18N4O5. The molecule has 1 aromatic carbocycles. The number of carbonyl (C=O) groups excluding carboxylic acids is 1. The first kappa shape index (κ1) is 16.7. The minimum Gasteiger partial charge on any atom is -0.493 e. The lowest BCUT2D eigenvalue weighted by Gasteiger charge is -2.15. The van der Waals surface area contributed by atoms with Crippen molar-refractivity contribution in [1.82, 2.24) is 10.7 Å². The van der Waals surface area contributed by atoms with Gasteiger partial charge in [0.1, 0.15) is 0 Å². The third-order valence-electron chi connectivity index (χ3n) is 2.86. The van der Waals surface area contributed by atoms with Crippen molar-refractivity contribution in [3.8, 4) is 11.5 Å². The number of nitrogens with one attached hydrogen (secondary N) is 2. The van der Waals surface area contributed by atoms with Gasteiger partial charge in [0.25, 0.3) is 11.6 Å². The van der Waals surface area contributed by atoms with Crippen molar-refractivity contribution in [2.24, 2.45) is 5.84 Å². The summed E-state index contributed by atoms with van der Waals surface area (Å²) in [4.78, 5) is 21.8. The molecule has 4 N–H and O–H groups in total. The molecule has 116 valence electrons. The number of methoxy groups -OCH3 is 1. The van der Waals surface area contributed by atoms with Crippen LogP contribution in [0, 0.1) is 10.1 Å². The Kier molecular flexibility index (Phi) is 5.88. The number of nitrogens with two attached hydrogens (primary N) is 1. The first-order valence-electron chi connectivity index (χ1n) is 6.10. The van der Waals surface area contributed by atoms with Gasteiger partial charge in [-0.1, -0.05) is 0 Å². The normalized spacial score (nSPS) is 11.6. The average molecular weight is 298 g/mol. The smallest absolute Gasteiger partial charge is 0.278 e. The minimum absolute atomic E-state index is 0.112. The van der Waals surface area contributed by atoms with E-state index >= 15 is 0 Å². The summed E-state index contributed by atoms with van der Waals surface area (Å²) in [6.07, 6.45) is 0. The zero-order chi connectivity index (χ0) is 16.0. The predicted octanol–water partition coefficient (Wildman–Crippen LogP) is 0.253. The Labute approximate surface area is 121 Å². The van der Waals surface area contributed by atoms with Crippen LogP contribution in [0.4, 0.5) is 5.69 Å². The average Bonchev–Trinajstić information content (AvgIpc) is 2.50. The van der Waals surface area contributed by atoms with E-state index < -0.39 is 11.0 Å². The Hall–Kier alpha value is -2.39. The van der Waals surface area contributed by atoms with Crippen LogP contribution in [0.1, 0.15) is 18.5 Å². The number of hydrogen-bond acceptors (Lipinski definition) is 7. The molecule has 1 rings (SSSR count). The predicted molar refractivity (Wildman–Crippen MR) is 74.9 cm³/mol. The Morgan fingerprint density at radius 3 is 2.62 bits per heavy atom. The van der Waals surface area contributed by atoms with Crippen LogP contribution in [0.3, 0.4) is 0 Å². The van der Waals surface area contributed by atoms with E-state index in [1.807, 2.05) is 0 Å². The number of benzene rings is 1. The summed E-state index contributed by atoms with van der Waals surface area (Å²) < 4.78 is 10.4. The Morgan fingerprint density at radius 1 is 1.48 bits per heavy atom. The van der Waals surface area contributed by atoms with Crippen LogP contribution in [0.5, 0.6) is 11.5 Å². The van der Waals surface area contributed by atoms with Gasteiger partial charge in [0.2, 0.25) is 0 Å². The molecule has 0 radical (unpaired) electrons. The van der Waals surface area contributed by atoms with Gasteiger partial charge in [-0.15, -0.1) is 0 Å². The Bertz CT molecular complexity index is 535. The van der Waals surface area contributed by atoms with Gasteiger partial charge < -0.3 is 14.8 Å². The third-order valence-corrected chi connectivity index (χ3v) is 2.86. The summed E-state index contributed by atoms with van der Waals surface area (Å²) in [5, 5.41) is 13.5. The largest absolute Gasteiger partial charge is 0.493 e. The van der Waals surface area contributed by atoms with Gasteiger partial charge in [-0.25, -0.2) is 0 Å². The highest BCUT2D eigenvalue weighted by Crippen LogP contribution is 2.37. The number of rotatable bonds is 7. The van der Waals surface area contributed by atoms with Gasteiger partial charge in [0, 0.05) is 7.05 Å². The standard InChI is InChI=1S/C12H18N4O5/c1-7(15-13)8-4-10(20-3)11(5-9(8)16(18)19)21-6-12(17)14-2/h4-5,7,15H,6,13H2,1-3H3,(H,14,17). The molecule has 1 amide bonds. The molecule has 1 unspecified atom stereocenters. The molecule has 0 heterocycles. The highest BCUT2D eigenvalue weighted by Gasteiger charge is 2.23. The summed E-state index contributed by atoms with van der Waals surface area (Å²) in [5.41, 5.74) is 2.62. The van der Waals surface area contributed by atoms with Crippen molar-refractivity contribution < 1.29 is 19.2 Å². The van der Waals surface area contributed by atoms with Crippen molar-refractivity contribution in [1.29, 1.82) is 0 Å². The summed E-state index contributed by atoms with van der Waals surface area (Å²) in [5.74, 6) is 5.35. The molecular weight excluding hydrogens is 280 g/mol. The van der Waals surface area contributed by atoms with E-state index in [0.29, 0.717) is 5.56 Å². The number of amides is 1. The van der Waals surface area contributed by atoms with Crippen LogP contribution in [0.25, 0.3) is 0 Å². The van der Waals surface area contributed by atoms with Gasteiger partial charge in [0.05, 0.1) is 29.7 Å². The molecule has 0 aromatic heterocycles. The van der Waals surface area contributed by atoms with E-state index in [1.54, 1.807) is 6.92 Å². The molecule has 0 aliphatic heterocycles. The summed E-state index contributed by atoms with van der Waals surface area (Å²) in [6.45, 7) is 1.40. The van der Waals surface area contributed by atoms with Crippen LogP contribution in [0.2, 0.25) is 0 Å². The molecule has 21 heavy (non-hydrogen) atoms. The van der Waals surface area contributed by atoms with E-state index in [4.69, 9.17) is 15.3 Å². The molecule has 0 fully saturated rings. The number of ether oxygens (including phenoxy) is 2. The van der Waals surface area contributed by atoms with Crippen molar-refractivity contribution >= 4 is 11.6 Å². The topological polar surface area (TPSA) is 129 Å². The van der Waals surface area contributed by atoms with Gasteiger partial charge in [-0.05, 0) is 13.0 Å². The van der Waals surface area contributed by atoms with Crippen LogP contribution >= 0.6 is 0 Å². The lowest BCUT2D eigenvalue weighted by molar-refractivity contribution is -0.385. The van der Waals surface area contributed by atoms with E-state index in [1.165, 1.54) is 26.3 Å². The van der Waals surface area contributed by atoms with Gasteiger partial charge in [-0.3, -0.25) is 26.2 Å². The number of hydrazine groups is 1. The van der Waals surface area contributed by atoms with Crippen molar-refractivity contribution in [2.45, 2.75) is 13.0 Å². The fourth-order valence-corrected chi connectivity index (χ4v) is 1.65. The molecule has 0 spiro atoms. The zero-order valence-corrected chi connectivity index (χ0v) is 12.0. The molecule has 0 bridgehead atoms. The maximum Gasteiger partial charge on any atom is 0.278 e. The number of hydrogen-bond donors (Lipinski definition) is 3. The van der Waals surface area contributed by atoms with Crippen molar-refractivity contribution in [3.05, 3.63) is 27.8 Å². The minimum atomic E-state index is -0.546. The second-order valence-corrected chi connectivity index (χ2v) is 4.17. The summed E-state index contributed by atoms with van der Waals surface area (Å²) in [6, 6.07) is 2.22. The maximum absolute atomic E-state index is 11.2. The van der Waals surface area contributed by atoms with Gasteiger partial charge in [-0.2, -0.15) is 0 Å². The second kappa shape index (κ2) is 7.41. The summed E-state index contributed by atoms with van der Waals surface area (Å²) in [7, 11) is 2.86. The highest BCUT2D eigenvalue weighted by atomic mass is 16.6. The molecule has 0 saturated carbocycles. The monoisotopic (exact) mass is 298 g/mol. The van der Waals surface area contributed by atoms with Gasteiger partial charge in [0.15, 0.2) is 18.1 Å². The maximum atomic E-state index is 11.2. The van der Waals surface area contributed by atoms with Crippen molar-refractivity contribution in [2.75, 3.05) is 20.8 Å². The lowest BCUT2D eigenvalue weighted by atomic mass is 10.1. The number of carbonyl (C=O) groups is 1. The van der Waals surface area contributed by atoms with Gasteiger partial charge >= 0.3 is 0 Å². The first-order valence-corrected chi connectivity index (χ1v) is 6.10. The van der Waals surface area contributed by atoms with Crippen LogP contribution in [-0.4, -0.2) is 31.6 Å². The molecule has 9 nitrogen and oxygen atoms in total. The quantitative estimate of drug-likeness (QED) is 0.374. The third kappa shape index (κ3) is 4.04.